The fourth-order valence-electron chi connectivity index (χ4n) is 3.12. The van der Waals surface area contributed by atoms with E-state index >= 15 is 0 Å². The third kappa shape index (κ3) is 5.09. The van der Waals surface area contributed by atoms with Gasteiger partial charge in [0.15, 0.2) is 11.6 Å². The second-order valence-corrected chi connectivity index (χ2v) is 7.97. The minimum absolute atomic E-state index is 0. The molecule has 142 valence electrons. The van der Waals surface area contributed by atoms with Gasteiger partial charge >= 0.3 is 0 Å². The summed E-state index contributed by atoms with van der Waals surface area (Å²) in [7, 11) is -1.33. The quantitative estimate of drug-likeness (QED) is 0.740. The van der Waals surface area contributed by atoms with Gasteiger partial charge in [-0.25, -0.2) is 13.2 Å². The Morgan fingerprint density at radius 2 is 1.65 bits per heavy atom. The molecule has 0 saturated carbocycles. The fraction of sp³-hybridized carbons (Fsp3) is 0.368. The van der Waals surface area contributed by atoms with Crippen LogP contribution < -0.4 is 0 Å². The minimum atomic E-state index is -1.33. The van der Waals surface area contributed by atoms with Crippen molar-refractivity contribution in [3.8, 4) is 0 Å². The van der Waals surface area contributed by atoms with Crippen molar-refractivity contribution in [3.63, 3.8) is 0 Å². The molecule has 0 bridgehead atoms. The second kappa shape index (κ2) is 9.53. The number of likely N-dealkylation sites (tertiary alicyclic amines) is 1. The molecule has 7 heteroatoms. The molecular formula is C19H21ClF3NOS. The predicted octanol–water partition coefficient (Wildman–Crippen LogP) is 4.34. The molecule has 1 unspecified atom stereocenters. The Balaban J connectivity index is 0.00000243. The van der Waals surface area contributed by atoms with Crippen LogP contribution in [-0.4, -0.2) is 34.0 Å². The van der Waals surface area contributed by atoms with Crippen molar-refractivity contribution in [2.45, 2.75) is 29.4 Å². The van der Waals surface area contributed by atoms with Gasteiger partial charge in [0.1, 0.15) is 5.82 Å². The Morgan fingerprint density at radius 3 is 2.31 bits per heavy atom. The second-order valence-electron chi connectivity index (χ2n) is 6.27. The molecule has 0 aromatic heterocycles. The number of hydrogen-bond donors (Lipinski definition) is 0. The summed E-state index contributed by atoms with van der Waals surface area (Å²) >= 11 is 0. The van der Waals surface area contributed by atoms with Crippen molar-refractivity contribution in [1.29, 1.82) is 0 Å². The molecule has 1 fully saturated rings. The van der Waals surface area contributed by atoms with E-state index in [1.54, 1.807) is 24.3 Å². The molecule has 1 aliphatic rings. The highest BCUT2D eigenvalue weighted by Crippen LogP contribution is 2.23. The molecule has 0 spiro atoms. The van der Waals surface area contributed by atoms with Crippen LogP contribution in [0.25, 0.3) is 0 Å². The Bertz CT molecular complexity index is 766. The largest absolute Gasteiger partial charge is 0.303 e. The molecule has 2 aromatic carbocycles. The van der Waals surface area contributed by atoms with Crippen molar-refractivity contribution >= 4 is 23.2 Å². The van der Waals surface area contributed by atoms with E-state index in [0.717, 1.165) is 44.1 Å². The van der Waals surface area contributed by atoms with Crippen LogP contribution in [-0.2, 0) is 17.2 Å². The molecule has 26 heavy (non-hydrogen) atoms. The smallest absolute Gasteiger partial charge is 0.159 e. The highest BCUT2D eigenvalue weighted by molar-refractivity contribution is 7.85. The Morgan fingerprint density at radius 1 is 0.962 bits per heavy atom. The van der Waals surface area contributed by atoms with Crippen LogP contribution in [0.3, 0.4) is 0 Å². The summed E-state index contributed by atoms with van der Waals surface area (Å²) < 4.78 is 52.5. The first-order valence-corrected chi connectivity index (χ1v) is 9.57. The van der Waals surface area contributed by atoms with Crippen LogP contribution in [0, 0.1) is 17.5 Å². The molecule has 1 atom stereocenters. The molecule has 1 aliphatic heterocycles. The van der Waals surface area contributed by atoms with Gasteiger partial charge < -0.3 is 4.90 Å². The molecule has 0 aliphatic carbocycles. The van der Waals surface area contributed by atoms with Gasteiger partial charge in [-0.05, 0) is 62.2 Å². The van der Waals surface area contributed by atoms with E-state index in [2.05, 4.69) is 4.90 Å². The van der Waals surface area contributed by atoms with Crippen molar-refractivity contribution in [1.82, 2.24) is 4.90 Å². The maximum atomic E-state index is 13.8. The molecule has 2 aromatic rings. The monoisotopic (exact) mass is 403 g/mol. The summed E-state index contributed by atoms with van der Waals surface area (Å²) in [6.07, 6.45) is 2.11. The van der Waals surface area contributed by atoms with Gasteiger partial charge in [-0.2, -0.15) is 0 Å². The average molecular weight is 404 g/mol. The average Bonchev–Trinajstić information content (AvgIpc) is 2.63. The minimum Gasteiger partial charge on any atom is -0.303 e. The number of halogens is 4. The van der Waals surface area contributed by atoms with E-state index in [1.165, 1.54) is 12.1 Å². The lowest BCUT2D eigenvalue weighted by atomic mass is 10.1. The number of benzene rings is 2. The zero-order valence-electron chi connectivity index (χ0n) is 14.2. The topological polar surface area (TPSA) is 20.3 Å². The van der Waals surface area contributed by atoms with Crippen LogP contribution in [0.2, 0.25) is 0 Å². The molecule has 0 N–H and O–H groups in total. The van der Waals surface area contributed by atoms with Crippen molar-refractivity contribution in [2.24, 2.45) is 0 Å². The predicted molar refractivity (Wildman–Crippen MR) is 99.6 cm³/mol. The Hall–Kier alpha value is -1.37. The lowest BCUT2D eigenvalue weighted by Gasteiger charge is -2.31. The first-order chi connectivity index (χ1) is 12.0. The third-order valence-electron chi connectivity index (χ3n) is 4.59. The SMILES string of the molecule is Cl.O=S(c1ccccc1F)C1CCN(CCc2ccc(F)c(F)c2)CC1. The van der Waals surface area contributed by atoms with E-state index in [4.69, 9.17) is 0 Å². The first-order valence-electron chi connectivity index (χ1n) is 8.36. The zero-order chi connectivity index (χ0) is 17.8. The van der Waals surface area contributed by atoms with Crippen LogP contribution in [0.1, 0.15) is 18.4 Å². The summed E-state index contributed by atoms with van der Waals surface area (Å²) in [4.78, 5) is 2.50. The van der Waals surface area contributed by atoms with E-state index in [9.17, 15) is 17.4 Å². The number of piperidine rings is 1. The van der Waals surface area contributed by atoms with Gasteiger partial charge in [0.25, 0.3) is 0 Å². The summed E-state index contributed by atoms with van der Waals surface area (Å²) in [6, 6.07) is 10.2. The molecular weight excluding hydrogens is 383 g/mol. The maximum absolute atomic E-state index is 13.8. The molecule has 1 heterocycles. The van der Waals surface area contributed by atoms with Gasteiger partial charge in [0.05, 0.1) is 15.7 Å². The van der Waals surface area contributed by atoms with Gasteiger partial charge in [-0.1, -0.05) is 18.2 Å². The fourth-order valence-corrected chi connectivity index (χ4v) is 4.59. The van der Waals surface area contributed by atoms with E-state index in [0.29, 0.717) is 6.42 Å². The standard InChI is InChI=1S/C19H20F3NOS.ClH/c20-16-6-5-14(13-18(16)22)7-10-23-11-8-15(9-12-23)25(24)19-4-2-1-3-17(19)21;/h1-6,13,15H,7-12H2;1H. The van der Waals surface area contributed by atoms with Gasteiger partial charge in [-0.15, -0.1) is 12.4 Å². The molecule has 0 radical (unpaired) electrons. The van der Waals surface area contributed by atoms with E-state index in [-0.39, 0.29) is 22.6 Å². The summed E-state index contributed by atoms with van der Waals surface area (Å²) in [5.41, 5.74) is 0.760. The van der Waals surface area contributed by atoms with Crippen molar-refractivity contribution < 1.29 is 17.4 Å². The summed E-state index contributed by atoms with van der Waals surface area (Å²) in [5.74, 6) is -2.07. The van der Waals surface area contributed by atoms with Crippen molar-refractivity contribution in [3.05, 3.63) is 65.5 Å². The van der Waals surface area contributed by atoms with E-state index < -0.39 is 28.3 Å². The van der Waals surface area contributed by atoms with Crippen LogP contribution in [0.5, 0.6) is 0 Å². The zero-order valence-corrected chi connectivity index (χ0v) is 15.8. The van der Waals surface area contributed by atoms with Gasteiger partial charge in [0, 0.05) is 11.8 Å². The normalized spacial score (nSPS) is 16.9. The Labute approximate surface area is 160 Å². The summed E-state index contributed by atoms with van der Waals surface area (Å²) in [5, 5.41) is -0.0450. The lowest BCUT2D eigenvalue weighted by Crippen LogP contribution is -2.38. The first kappa shape index (κ1) is 20.9. The highest BCUT2D eigenvalue weighted by atomic mass is 35.5. The van der Waals surface area contributed by atoms with Gasteiger partial charge in [-0.3, -0.25) is 4.21 Å². The van der Waals surface area contributed by atoms with Crippen LogP contribution in [0.15, 0.2) is 47.4 Å². The maximum Gasteiger partial charge on any atom is 0.159 e. The molecule has 3 rings (SSSR count). The Kier molecular flexibility index (Phi) is 7.68. The molecule has 0 amide bonds. The highest BCUT2D eigenvalue weighted by Gasteiger charge is 2.26. The van der Waals surface area contributed by atoms with E-state index in [1.807, 2.05) is 0 Å². The lowest BCUT2D eigenvalue weighted by molar-refractivity contribution is 0.234. The van der Waals surface area contributed by atoms with Crippen LogP contribution in [0.4, 0.5) is 13.2 Å². The molecule has 1 saturated heterocycles. The third-order valence-corrected chi connectivity index (χ3v) is 6.43. The van der Waals surface area contributed by atoms with Crippen molar-refractivity contribution in [2.75, 3.05) is 19.6 Å². The number of nitrogens with zero attached hydrogens (tertiary/aromatic N) is 1. The number of hydrogen-bond acceptors (Lipinski definition) is 2. The van der Waals surface area contributed by atoms with Crippen LogP contribution >= 0.6 is 12.4 Å². The van der Waals surface area contributed by atoms with Gasteiger partial charge in [0.2, 0.25) is 0 Å². The molecule has 2 nitrogen and oxygen atoms in total. The summed E-state index contributed by atoms with van der Waals surface area (Å²) in [6.45, 7) is 2.28. The number of rotatable bonds is 5.